The Bertz CT molecular complexity index is 587. The number of aromatic nitrogens is 1. The Kier molecular flexibility index (Phi) is 5.82. The monoisotopic (exact) mass is 354 g/mol. The van der Waals surface area contributed by atoms with Crippen molar-refractivity contribution in [2.24, 2.45) is 0 Å². The number of nitrogens with one attached hydrogen (secondary N) is 1. The van der Waals surface area contributed by atoms with E-state index in [1.807, 2.05) is 6.07 Å². The zero-order chi connectivity index (χ0) is 15.2. The Balaban J connectivity index is 2.23. The van der Waals surface area contributed by atoms with Gasteiger partial charge in [-0.2, -0.15) is 0 Å². The number of benzene rings is 1. The third-order valence-corrected chi connectivity index (χ3v) is 4.09. The SMILES string of the molecule is CCCNC(Cc1cccc(F)c1Br)c1ccc(F)cn1. The van der Waals surface area contributed by atoms with E-state index < -0.39 is 0 Å². The maximum absolute atomic E-state index is 13.6. The molecule has 21 heavy (non-hydrogen) atoms. The summed E-state index contributed by atoms with van der Waals surface area (Å²) in [5.74, 6) is -0.645. The zero-order valence-corrected chi connectivity index (χ0v) is 13.3. The van der Waals surface area contributed by atoms with Crippen LogP contribution in [0.4, 0.5) is 8.78 Å². The number of halogens is 3. The Labute approximate surface area is 131 Å². The fraction of sp³-hybridized carbons (Fsp3) is 0.312. The smallest absolute Gasteiger partial charge is 0.141 e. The number of hydrogen-bond donors (Lipinski definition) is 1. The highest BCUT2D eigenvalue weighted by Gasteiger charge is 2.16. The predicted molar refractivity (Wildman–Crippen MR) is 83.0 cm³/mol. The standard InChI is InChI=1S/C16H17BrF2N2/c1-2-8-20-15(14-7-6-12(18)10-21-14)9-11-4-3-5-13(19)16(11)17/h3-7,10,15,20H,2,8-9H2,1H3. The lowest BCUT2D eigenvalue weighted by atomic mass is 10.0. The molecule has 1 aromatic carbocycles. The van der Waals surface area contributed by atoms with Crippen LogP contribution in [0, 0.1) is 11.6 Å². The van der Waals surface area contributed by atoms with Crippen molar-refractivity contribution in [2.75, 3.05) is 6.54 Å². The summed E-state index contributed by atoms with van der Waals surface area (Å²) >= 11 is 3.28. The van der Waals surface area contributed by atoms with Gasteiger partial charge >= 0.3 is 0 Å². The molecule has 1 aromatic heterocycles. The molecule has 0 spiro atoms. The number of pyridine rings is 1. The number of rotatable bonds is 6. The lowest BCUT2D eigenvalue weighted by molar-refractivity contribution is 0.511. The maximum atomic E-state index is 13.6. The van der Waals surface area contributed by atoms with Crippen LogP contribution in [0.2, 0.25) is 0 Å². The first-order chi connectivity index (χ1) is 10.1. The van der Waals surface area contributed by atoms with Crippen LogP contribution in [-0.4, -0.2) is 11.5 Å². The van der Waals surface area contributed by atoms with Gasteiger partial charge in [0.1, 0.15) is 11.6 Å². The molecule has 0 aliphatic heterocycles. The highest BCUT2D eigenvalue weighted by Crippen LogP contribution is 2.25. The van der Waals surface area contributed by atoms with Gasteiger partial charge in [-0.05, 0) is 59.1 Å². The number of nitrogens with zero attached hydrogens (tertiary/aromatic N) is 1. The molecule has 0 fully saturated rings. The first kappa shape index (κ1) is 16.0. The minimum atomic E-state index is -0.361. The Morgan fingerprint density at radius 3 is 2.71 bits per heavy atom. The van der Waals surface area contributed by atoms with E-state index in [1.54, 1.807) is 12.1 Å². The molecule has 1 N–H and O–H groups in total. The summed E-state index contributed by atoms with van der Waals surface area (Å²) < 4.78 is 27.1. The highest BCUT2D eigenvalue weighted by molar-refractivity contribution is 9.10. The van der Waals surface area contributed by atoms with Gasteiger partial charge in [-0.1, -0.05) is 19.1 Å². The lowest BCUT2D eigenvalue weighted by Crippen LogP contribution is -2.25. The van der Waals surface area contributed by atoms with Crippen LogP contribution in [0.25, 0.3) is 0 Å². The predicted octanol–water partition coefficient (Wildman–Crippen LogP) is 4.41. The van der Waals surface area contributed by atoms with E-state index in [4.69, 9.17) is 0 Å². The molecule has 0 aliphatic rings. The first-order valence-corrected chi connectivity index (χ1v) is 7.68. The van der Waals surface area contributed by atoms with E-state index in [2.05, 4.69) is 33.2 Å². The van der Waals surface area contributed by atoms with Gasteiger partial charge < -0.3 is 5.32 Å². The summed E-state index contributed by atoms with van der Waals surface area (Å²) in [5, 5.41) is 3.37. The molecule has 2 rings (SSSR count). The van der Waals surface area contributed by atoms with E-state index in [-0.39, 0.29) is 17.7 Å². The molecule has 0 amide bonds. The second-order valence-electron chi connectivity index (χ2n) is 4.83. The van der Waals surface area contributed by atoms with Crippen LogP contribution in [-0.2, 0) is 6.42 Å². The van der Waals surface area contributed by atoms with Gasteiger partial charge in [-0.15, -0.1) is 0 Å². The van der Waals surface area contributed by atoms with Gasteiger partial charge in [0.15, 0.2) is 0 Å². The Morgan fingerprint density at radius 2 is 2.05 bits per heavy atom. The highest BCUT2D eigenvalue weighted by atomic mass is 79.9. The van der Waals surface area contributed by atoms with Crippen molar-refractivity contribution in [2.45, 2.75) is 25.8 Å². The second-order valence-corrected chi connectivity index (χ2v) is 5.62. The molecule has 2 aromatic rings. The van der Waals surface area contributed by atoms with Gasteiger partial charge in [0.2, 0.25) is 0 Å². The van der Waals surface area contributed by atoms with Crippen molar-refractivity contribution in [1.82, 2.24) is 10.3 Å². The summed E-state index contributed by atoms with van der Waals surface area (Å²) in [5.41, 5.74) is 1.61. The molecule has 112 valence electrons. The average Bonchev–Trinajstić information content (AvgIpc) is 2.49. The molecule has 0 bridgehead atoms. The fourth-order valence-corrected chi connectivity index (χ4v) is 2.55. The quantitative estimate of drug-likeness (QED) is 0.831. The second kappa shape index (κ2) is 7.61. The summed E-state index contributed by atoms with van der Waals surface area (Å²) in [7, 11) is 0. The van der Waals surface area contributed by atoms with E-state index in [0.29, 0.717) is 10.9 Å². The molecule has 0 radical (unpaired) electrons. The largest absolute Gasteiger partial charge is 0.308 e. The van der Waals surface area contributed by atoms with Crippen LogP contribution < -0.4 is 5.32 Å². The molecule has 1 atom stereocenters. The zero-order valence-electron chi connectivity index (χ0n) is 11.7. The minimum absolute atomic E-state index is 0.0800. The molecule has 2 nitrogen and oxygen atoms in total. The molecule has 0 saturated carbocycles. The van der Waals surface area contributed by atoms with Gasteiger partial charge in [0.05, 0.1) is 22.4 Å². The van der Waals surface area contributed by atoms with Crippen molar-refractivity contribution < 1.29 is 8.78 Å². The van der Waals surface area contributed by atoms with Crippen molar-refractivity contribution in [1.29, 1.82) is 0 Å². The van der Waals surface area contributed by atoms with E-state index in [9.17, 15) is 8.78 Å². The van der Waals surface area contributed by atoms with Gasteiger partial charge in [-0.25, -0.2) is 8.78 Å². The molecule has 0 aliphatic carbocycles. The third-order valence-electron chi connectivity index (χ3n) is 3.20. The van der Waals surface area contributed by atoms with Crippen LogP contribution in [0.15, 0.2) is 41.0 Å². The Morgan fingerprint density at radius 1 is 1.24 bits per heavy atom. The maximum Gasteiger partial charge on any atom is 0.141 e. The molecule has 5 heteroatoms. The van der Waals surface area contributed by atoms with Crippen LogP contribution in [0.5, 0.6) is 0 Å². The van der Waals surface area contributed by atoms with E-state index in [1.165, 1.54) is 18.3 Å². The lowest BCUT2D eigenvalue weighted by Gasteiger charge is -2.19. The molecule has 1 heterocycles. The first-order valence-electron chi connectivity index (χ1n) is 6.89. The number of hydrogen-bond acceptors (Lipinski definition) is 2. The van der Waals surface area contributed by atoms with Gasteiger partial charge in [-0.3, -0.25) is 4.98 Å². The summed E-state index contributed by atoms with van der Waals surface area (Å²) in [6.07, 6.45) is 2.76. The molecule has 0 saturated heterocycles. The third kappa shape index (κ3) is 4.32. The summed E-state index contributed by atoms with van der Waals surface area (Å²) in [6.45, 7) is 2.89. The fourth-order valence-electron chi connectivity index (χ4n) is 2.12. The van der Waals surface area contributed by atoms with E-state index >= 15 is 0 Å². The van der Waals surface area contributed by atoms with E-state index in [0.717, 1.165) is 24.2 Å². The molecule has 1 unspecified atom stereocenters. The Hall–Kier alpha value is -1.33. The average molecular weight is 355 g/mol. The van der Waals surface area contributed by atoms with Crippen molar-refractivity contribution in [3.05, 3.63) is 63.9 Å². The minimum Gasteiger partial charge on any atom is -0.308 e. The normalized spacial score (nSPS) is 12.4. The summed E-state index contributed by atoms with van der Waals surface area (Å²) in [6, 6.07) is 7.95. The topological polar surface area (TPSA) is 24.9 Å². The summed E-state index contributed by atoms with van der Waals surface area (Å²) in [4.78, 5) is 4.13. The van der Waals surface area contributed by atoms with Crippen molar-refractivity contribution in [3.63, 3.8) is 0 Å². The van der Waals surface area contributed by atoms with Crippen LogP contribution >= 0.6 is 15.9 Å². The van der Waals surface area contributed by atoms with Crippen LogP contribution in [0.1, 0.15) is 30.6 Å². The van der Waals surface area contributed by atoms with Gasteiger partial charge in [0.25, 0.3) is 0 Å². The van der Waals surface area contributed by atoms with Crippen LogP contribution in [0.3, 0.4) is 0 Å². The van der Waals surface area contributed by atoms with Crippen molar-refractivity contribution in [3.8, 4) is 0 Å². The van der Waals surface area contributed by atoms with Gasteiger partial charge in [0, 0.05) is 0 Å². The van der Waals surface area contributed by atoms with Crippen molar-refractivity contribution >= 4 is 15.9 Å². The molecular formula is C16H17BrF2N2. The molecular weight excluding hydrogens is 338 g/mol.